The van der Waals surface area contributed by atoms with Crippen molar-refractivity contribution in [3.05, 3.63) is 199 Å². The van der Waals surface area contributed by atoms with Crippen molar-refractivity contribution in [2.45, 2.75) is 19.3 Å². The fourth-order valence-electron chi connectivity index (χ4n) is 8.47. The van der Waals surface area contributed by atoms with Gasteiger partial charge in [-0.15, -0.1) is 0 Å². The Kier molecular flexibility index (Phi) is 6.91. The van der Waals surface area contributed by atoms with Crippen LogP contribution in [0.1, 0.15) is 25.0 Å². The van der Waals surface area contributed by atoms with Crippen molar-refractivity contribution in [2.24, 2.45) is 0 Å². The highest BCUT2D eigenvalue weighted by molar-refractivity contribution is 6.08. The highest BCUT2D eigenvalue weighted by Gasteiger charge is 2.35. The van der Waals surface area contributed by atoms with Crippen LogP contribution in [-0.4, -0.2) is 0 Å². The highest BCUT2D eigenvalue weighted by Crippen LogP contribution is 2.50. The van der Waals surface area contributed by atoms with E-state index in [9.17, 15) is 0 Å². The maximum absolute atomic E-state index is 2.42. The number of nitrogens with zero attached hydrogens (tertiary/aromatic N) is 1. The van der Waals surface area contributed by atoms with Gasteiger partial charge in [0.05, 0.1) is 0 Å². The van der Waals surface area contributed by atoms with Gasteiger partial charge in [-0.25, -0.2) is 0 Å². The molecule has 0 amide bonds. The van der Waals surface area contributed by atoms with E-state index in [-0.39, 0.29) is 5.41 Å². The number of hydrogen-bond donors (Lipinski definition) is 0. The van der Waals surface area contributed by atoms with E-state index in [4.69, 9.17) is 0 Å². The van der Waals surface area contributed by atoms with Crippen LogP contribution in [0.25, 0.3) is 65.7 Å². The first-order chi connectivity index (χ1) is 25.5. The minimum Gasteiger partial charge on any atom is -0.310 e. The first kappa shape index (κ1) is 30.4. The molecule has 0 saturated carbocycles. The monoisotopic (exact) mass is 663 g/mol. The summed E-state index contributed by atoms with van der Waals surface area (Å²) < 4.78 is 0. The van der Waals surface area contributed by atoms with Crippen LogP contribution < -0.4 is 4.90 Å². The third-order valence-corrected chi connectivity index (χ3v) is 11.2. The Morgan fingerprint density at radius 1 is 0.327 bits per heavy atom. The fourth-order valence-corrected chi connectivity index (χ4v) is 8.47. The van der Waals surface area contributed by atoms with Crippen LogP contribution in [0.2, 0.25) is 0 Å². The van der Waals surface area contributed by atoms with E-state index < -0.39 is 0 Å². The van der Waals surface area contributed by atoms with Gasteiger partial charge in [-0.2, -0.15) is 0 Å². The average molecular weight is 664 g/mol. The molecule has 1 heteroatoms. The molecule has 1 aliphatic rings. The number of benzene rings is 9. The molecule has 0 saturated heterocycles. The van der Waals surface area contributed by atoms with Gasteiger partial charge in [-0.1, -0.05) is 153 Å². The van der Waals surface area contributed by atoms with Gasteiger partial charge in [0.2, 0.25) is 0 Å². The van der Waals surface area contributed by atoms with Crippen LogP contribution in [0.4, 0.5) is 17.1 Å². The first-order valence-corrected chi connectivity index (χ1v) is 18.2. The number of rotatable bonds is 5. The van der Waals surface area contributed by atoms with E-state index in [2.05, 4.69) is 207 Å². The molecule has 246 valence electrons. The third-order valence-electron chi connectivity index (χ3n) is 11.2. The summed E-state index contributed by atoms with van der Waals surface area (Å²) in [5.41, 5.74) is 13.6. The molecule has 0 heterocycles. The summed E-state index contributed by atoms with van der Waals surface area (Å²) in [6.07, 6.45) is 0. The SMILES string of the molecule is CC1(C)c2ccccc2-c2ccc(N(c3ccc(-c4ccc5c(ccc6ccccc65)c4)cc3)c3cccc(-c4ccc5ccccc5c4)c3)cc21. The van der Waals surface area contributed by atoms with Gasteiger partial charge in [0.1, 0.15) is 0 Å². The Balaban J connectivity index is 1.09. The maximum atomic E-state index is 2.42. The van der Waals surface area contributed by atoms with Crippen LogP contribution in [0, 0.1) is 0 Å². The summed E-state index contributed by atoms with van der Waals surface area (Å²) in [6, 6.07) is 69.3. The van der Waals surface area contributed by atoms with Gasteiger partial charge in [0, 0.05) is 22.5 Å². The van der Waals surface area contributed by atoms with Gasteiger partial charge < -0.3 is 4.90 Å². The summed E-state index contributed by atoms with van der Waals surface area (Å²) >= 11 is 0. The highest BCUT2D eigenvalue weighted by atomic mass is 15.1. The zero-order valence-electron chi connectivity index (χ0n) is 29.3. The minimum absolute atomic E-state index is 0.0915. The molecule has 9 aromatic carbocycles. The summed E-state index contributed by atoms with van der Waals surface area (Å²) in [5, 5.41) is 7.62. The molecule has 0 spiro atoms. The van der Waals surface area contributed by atoms with Crippen molar-refractivity contribution in [1.29, 1.82) is 0 Å². The lowest BCUT2D eigenvalue weighted by Gasteiger charge is -2.28. The topological polar surface area (TPSA) is 3.24 Å². The predicted octanol–water partition coefficient (Wildman–Crippen LogP) is 14.3. The third kappa shape index (κ3) is 4.93. The smallest absolute Gasteiger partial charge is 0.0467 e. The second-order valence-corrected chi connectivity index (χ2v) is 14.6. The lowest BCUT2D eigenvalue weighted by Crippen LogP contribution is -2.16. The Hall–Kier alpha value is -6.44. The molecule has 9 aromatic rings. The fraction of sp³-hybridized carbons (Fsp3) is 0.0588. The second-order valence-electron chi connectivity index (χ2n) is 14.6. The molecule has 0 N–H and O–H groups in total. The Morgan fingerprint density at radius 3 is 1.79 bits per heavy atom. The molecule has 1 aliphatic carbocycles. The van der Waals surface area contributed by atoms with Crippen molar-refractivity contribution in [2.75, 3.05) is 4.90 Å². The van der Waals surface area contributed by atoms with Gasteiger partial charge in [-0.05, 0) is 125 Å². The van der Waals surface area contributed by atoms with Crippen molar-refractivity contribution < 1.29 is 0 Å². The van der Waals surface area contributed by atoms with E-state index >= 15 is 0 Å². The van der Waals surface area contributed by atoms with Crippen molar-refractivity contribution in [1.82, 2.24) is 0 Å². The molecule has 1 nitrogen and oxygen atoms in total. The summed E-state index contributed by atoms with van der Waals surface area (Å²) in [7, 11) is 0. The molecule has 0 fully saturated rings. The molecule has 0 aromatic heterocycles. The van der Waals surface area contributed by atoms with Gasteiger partial charge in [0.25, 0.3) is 0 Å². The molecule has 0 radical (unpaired) electrons. The molecule has 0 atom stereocenters. The van der Waals surface area contributed by atoms with Crippen LogP contribution in [0.5, 0.6) is 0 Å². The average Bonchev–Trinajstić information content (AvgIpc) is 3.43. The Bertz CT molecular complexity index is 2820. The molecular formula is C51H37N. The molecule has 0 aliphatic heterocycles. The maximum Gasteiger partial charge on any atom is 0.0467 e. The van der Waals surface area contributed by atoms with Crippen LogP contribution in [-0.2, 0) is 5.41 Å². The Labute approximate surface area is 305 Å². The zero-order valence-corrected chi connectivity index (χ0v) is 29.3. The van der Waals surface area contributed by atoms with Crippen molar-refractivity contribution in [3.63, 3.8) is 0 Å². The summed E-state index contributed by atoms with van der Waals surface area (Å²) in [4.78, 5) is 2.42. The number of fused-ring (bicyclic) bond motifs is 7. The molecule has 52 heavy (non-hydrogen) atoms. The summed E-state index contributed by atoms with van der Waals surface area (Å²) in [5.74, 6) is 0. The van der Waals surface area contributed by atoms with E-state index in [1.54, 1.807) is 0 Å². The molecule has 0 unspecified atom stereocenters. The van der Waals surface area contributed by atoms with Crippen molar-refractivity contribution >= 4 is 49.4 Å². The van der Waals surface area contributed by atoms with Crippen LogP contribution in [0.3, 0.4) is 0 Å². The normalized spacial score (nSPS) is 13.0. The second kappa shape index (κ2) is 11.8. The van der Waals surface area contributed by atoms with Gasteiger partial charge in [0.15, 0.2) is 0 Å². The first-order valence-electron chi connectivity index (χ1n) is 18.2. The minimum atomic E-state index is -0.0915. The summed E-state index contributed by atoms with van der Waals surface area (Å²) in [6.45, 7) is 4.71. The largest absolute Gasteiger partial charge is 0.310 e. The molecule has 10 rings (SSSR count). The Morgan fingerprint density at radius 2 is 0.904 bits per heavy atom. The van der Waals surface area contributed by atoms with Crippen molar-refractivity contribution in [3.8, 4) is 33.4 Å². The lowest BCUT2D eigenvalue weighted by atomic mass is 9.82. The van der Waals surface area contributed by atoms with Gasteiger partial charge >= 0.3 is 0 Å². The van der Waals surface area contributed by atoms with E-state index in [1.807, 2.05) is 0 Å². The van der Waals surface area contributed by atoms with E-state index in [1.165, 1.54) is 76.8 Å². The van der Waals surface area contributed by atoms with E-state index in [0.29, 0.717) is 0 Å². The quantitative estimate of drug-likeness (QED) is 0.166. The molecular weight excluding hydrogens is 627 g/mol. The zero-order chi connectivity index (χ0) is 34.8. The number of anilines is 3. The molecule has 0 bridgehead atoms. The standard InChI is InChI=1S/C51H37N/c1-51(2)49-17-8-7-16-47(49)48-29-27-44(33-50(48)51)52(43-14-9-13-38(32-43)40-20-18-34-10-3-4-12-37(34)30-40)42-25-22-35(23-26-42)39-24-28-46-41(31-39)21-19-36-11-5-6-15-45(36)46/h3-33H,1-2H3. The van der Waals surface area contributed by atoms with Gasteiger partial charge in [-0.3, -0.25) is 0 Å². The van der Waals surface area contributed by atoms with Crippen LogP contribution in [0.15, 0.2) is 188 Å². The van der Waals surface area contributed by atoms with E-state index in [0.717, 1.165) is 17.1 Å². The van der Waals surface area contributed by atoms with Crippen LogP contribution >= 0.6 is 0 Å². The predicted molar refractivity (Wildman–Crippen MR) is 222 cm³/mol. The lowest BCUT2D eigenvalue weighted by molar-refractivity contribution is 0.660. The number of hydrogen-bond acceptors (Lipinski definition) is 1.